The van der Waals surface area contributed by atoms with Gasteiger partial charge < -0.3 is 0 Å². The second-order valence-electron chi connectivity index (χ2n) is 2.65. The molecule has 0 saturated carbocycles. The molecule has 1 heteroatoms. The zero-order valence-corrected chi connectivity index (χ0v) is 11.3. The highest BCUT2D eigenvalue weighted by Gasteiger charge is 1.94. The van der Waals surface area contributed by atoms with Crippen LogP contribution in [0.3, 0.4) is 0 Å². The van der Waals surface area contributed by atoms with E-state index in [0.717, 1.165) is 6.42 Å². The summed E-state index contributed by atoms with van der Waals surface area (Å²) < 4.78 is 1.39. The van der Waals surface area contributed by atoms with E-state index in [4.69, 9.17) is 0 Å². The Bertz CT molecular complexity index is 360. The van der Waals surface area contributed by atoms with E-state index in [2.05, 4.69) is 36.6 Å². The molecule has 0 fully saturated rings. The van der Waals surface area contributed by atoms with Crippen LogP contribution in [-0.4, -0.2) is 0 Å². The fourth-order valence-electron chi connectivity index (χ4n) is 1.24. The monoisotopic (exact) mass is 222 g/mol. The van der Waals surface area contributed by atoms with Crippen molar-refractivity contribution in [3.8, 4) is 0 Å². The fraction of sp³-hybridized carbons (Fsp3) is 0.429. The Labute approximate surface area is 98.0 Å². The number of hydrogen-bond donors (Lipinski definition) is 0. The van der Waals surface area contributed by atoms with Gasteiger partial charge in [-0.1, -0.05) is 46.8 Å². The standard InChI is InChI=1S/C10H10S.2C2H6/c1-2-8-3-4-10-9(7-8)5-6-11-10;2*1-2/h3-7H,2H2,1H3;2*1-2H3. The van der Waals surface area contributed by atoms with E-state index in [1.54, 1.807) is 11.3 Å². The van der Waals surface area contributed by atoms with Crippen LogP contribution >= 0.6 is 11.3 Å². The molecule has 84 valence electrons. The summed E-state index contributed by atoms with van der Waals surface area (Å²) in [6, 6.07) is 8.86. The summed E-state index contributed by atoms with van der Waals surface area (Å²) in [4.78, 5) is 0. The number of fused-ring (bicyclic) bond motifs is 1. The lowest BCUT2D eigenvalue weighted by Crippen LogP contribution is -1.76. The molecule has 2 aromatic rings. The van der Waals surface area contributed by atoms with Crippen molar-refractivity contribution >= 4 is 21.4 Å². The Kier molecular flexibility index (Phi) is 8.02. The predicted octanol–water partition coefficient (Wildman–Crippen LogP) is 5.52. The Morgan fingerprint density at radius 3 is 2.27 bits per heavy atom. The van der Waals surface area contributed by atoms with Crippen LogP contribution in [0.1, 0.15) is 40.2 Å². The highest BCUT2D eigenvalue weighted by molar-refractivity contribution is 7.17. The van der Waals surface area contributed by atoms with Crippen molar-refractivity contribution in [1.82, 2.24) is 0 Å². The molecule has 1 aromatic heterocycles. The van der Waals surface area contributed by atoms with Crippen molar-refractivity contribution in [1.29, 1.82) is 0 Å². The van der Waals surface area contributed by atoms with Gasteiger partial charge in [0.05, 0.1) is 0 Å². The van der Waals surface area contributed by atoms with E-state index in [-0.39, 0.29) is 0 Å². The summed E-state index contributed by atoms with van der Waals surface area (Å²) >= 11 is 1.81. The molecular weight excluding hydrogens is 200 g/mol. The van der Waals surface area contributed by atoms with Crippen molar-refractivity contribution in [2.24, 2.45) is 0 Å². The van der Waals surface area contributed by atoms with Crippen LogP contribution < -0.4 is 0 Å². The summed E-state index contributed by atoms with van der Waals surface area (Å²) in [6.45, 7) is 10.2. The molecule has 0 aliphatic carbocycles. The predicted molar refractivity (Wildman–Crippen MR) is 73.9 cm³/mol. The van der Waals surface area contributed by atoms with Gasteiger partial charge in [0.1, 0.15) is 0 Å². The molecule has 0 saturated heterocycles. The van der Waals surface area contributed by atoms with Crippen molar-refractivity contribution in [2.75, 3.05) is 0 Å². The molecule has 0 amide bonds. The summed E-state index contributed by atoms with van der Waals surface area (Å²) in [5.74, 6) is 0. The Morgan fingerprint density at radius 1 is 1.00 bits per heavy atom. The van der Waals surface area contributed by atoms with Crippen molar-refractivity contribution < 1.29 is 0 Å². The van der Waals surface area contributed by atoms with Gasteiger partial charge in [-0.15, -0.1) is 11.3 Å². The summed E-state index contributed by atoms with van der Waals surface area (Å²) in [6.07, 6.45) is 1.13. The van der Waals surface area contributed by atoms with Crippen LogP contribution in [0.5, 0.6) is 0 Å². The van der Waals surface area contributed by atoms with Gasteiger partial charge in [0.25, 0.3) is 0 Å². The Hall–Kier alpha value is -0.820. The molecule has 0 unspecified atom stereocenters. The molecule has 0 aliphatic heterocycles. The summed E-state index contributed by atoms with van der Waals surface area (Å²) in [5, 5.41) is 3.53. The third-order valence-electron chi connectivity index (χ3n) is 1.93. The van der Waals surface area contributed by atoms with Gasteiger partial charge in [-0.2, -0.15) is 0 Å². The zero-order valence-electron chi connectivity index (χ0n) is 10.5. The van der Waals surface area contributed by atoms with Gasteiger partial charge >= 0.3 is 0 Å². The second-order valence-corrected chi connectivity index (χ2v) is 3.59. The molecule has 0 atom stereocenters. The number of rotatable bonds is 1. The van der Waals surface area contributed by atoms with Crippen LogP contribution in [0.15, 0.2) is 29.6 Å². The fourth-order valence-corrected chi connectivity index (χ4v) is 2.01. The third kappa shape index (κ3) is 4.05. The second kappa shape index (κ2) is 8.49. The van der Waals surface area contributed by atoms with Crippen molar-refractivity contribution in [3.63, 3.8) is 0 Å². The molecule has 0 radical (unpaired) electrons. The summed E-state index contributed by atoms with van der Waals surface area (Å²) in [5.41, 5.74) is 1.43. The average molecular weight is 222 g/mol. The first kappa shape index (κ1) is 14.2. The first-order chi connectivity index (χ1) is 7.40. The molecule has 0 spiro atoms. The lowest BCUT2D eigenvalue weighted by atomic mass is 10.1. The van der Waals surface area contributed by atoms with Crippen LogP contribution in [-0.2, 0) is 6.42 Å². The van der Waals surface area contributed by atoms with E-state index >= 15 is 0 Å². The van der Waals surface area contributed by atoms with E-state index in [9.17, 15) is 0 Å². The van der Waals surface area contributed by atoms with E-state index in [1.807, 2.05) is 27.7 Å². The lowest BCUT2D eigenvalue weighted by molar-refractivity contribution is 1.15. The van der Waals surface area contributed by atoms with Gasteiger partial charge in [0.15, 0.2) is 0 Å². The van der Waals surface area contributed by atoms with Crippen molar-refractivity contribution in [3.05, 3.63) is 35.2 Å². The maximum Gasteiger partial charge on any atom is 0.0342 e. The number of hydrogen-bond acceptors (Lipinski definition) is 1. The smallest absolute Gasteiger partial charge is 0.0342 e. The molecule has 0 aliphatic rings. The van der Waals surface area contributed by atoms with Gasteiger partial charge in [0, 0.05) is 4.70 Å². The third-order valence-corrected chi connectivity index (χ3v) is 2.82. The SMILES string of the molecule is CC.CC.CCc1ccc2sccc2c1. The van der Waals surface area contributed by atoms with Crippen LogP contribution in [0, 0.1) is 0 Å². The average Bonchev–Trinajstić information content (AvgIpc) is 2.81. The lowest BCUT2D eigenvalue weighted by Gasteiger charge is -1.94. The highest BCUT2D eigenvalue weighted by Crippen LogP contribution is 2.21. The zero-order chi connectivity index (χ0) is 11.7. The normalized spacial score (nSPS) is 8.60. The van der Waals surface area contributed by atoms with Gasteiger partial charge in [-0.25, -0.2) is 0 Å². The van der Waals surface area contributed by atoms with Gasteiger partial charge in [-0.05, 0) is 34.9 Å². The maximum absolute atomic E-state index is 2.27. The Morgan fingerprint density at radius 2 is 1.67 bits per heavy atom. The minimum absolute atomic E-state index is 1.13. The van der Waals surface area contributed by atoms with E-state index in [0.29, 0.717) is 0 Å². The molecular formula is C14H22S. The van der Waals surface area contributed by atoms with Crippen LogP contribution in [0.4, 0.5) is 0 Å². The number of benzene rings is 1. The first-order valence-corrected chi connectivity index (χ1v) is 6.74. The quantitative estimate of drug-likeness (QED) is 0.596. The number of aryl methyl sites for hydroxylation is 1. The Balaban J connectivity index is 0.000000442. The van der Waals surface area contributed by atoms with Crippen LogP contribution in [0.2, 0.25) is 0 Å². The molecule has 0 nitrogen and oxygen atoms in total. The van der Waals surface area contributed by atoms with Gasteiger partial charge in [0.2, 0.25) is 0 Å². The summed E-state index contributed by atoms with van der Waals surface area (Å²) in [7, 11) is 0. The largest absolute Gasteiger partial charge is 0.144 e. The van der Waals surface area contributed by atoms with Crippen LogP contribution in [0.25, 0.3) is 10.1 Å². The molecule has 1 aromatic carbocycles. The van der Waals surface area contributed by atoms with E-state index < -0.39 is 0 Å². The maximum atomic E-state index is 2.27. The van der Waals surface area contributed by atoms with Crippen molar-refractivity contribution in [2.45, 2.75) is 41.0 Å². The molecule has 0 N–H and O–H groups in total. The first-order valence-electron chi connectivity index (χ1n) is 5.86. The molecule has 1 heterocycles. The number of thiophene rings is 1. The highest BCUT2D eigenvalue weighted by atomic mass is 32.1. The minimum Gasteiger partial charge on any atom is -0.144 e. The van der Waals surface area contributed by atoms with E-state index in [1.165, 1.54) is 15.6 Å². The molecule has 0 bridgehead atoms. The molecule has 2 rings (SSSR count). The minimum atomic E-state index is 1.13. The van der Waals surface area contributed by atoms with Gasteiger partial charge in [-0.3, -0.25) is 0 Å². The molecule has 15 heavy (non-hydrogen) atoms. The topological polar surface area (TPSA) is 0 Å².